The van der Waals surface area contributed by atoms with Gasteiger partial charge in [0.15, 0.2) is 0 Å². The highest BCUT2D eigenvalue weighted by Crippen LogP contribution is 2.36. The maximum Gasteiger partial charge on any atom is 0.140 e. The molecule has 80 valence electrons. The van der Waals surface area contributed by atoms with Crippen molar-refractivity contribution in [1.82, 2.24) is 0 Å². The predicted molar refractivity (Wildman–Crippen MR) is 61.8 cm³/mol. The number of benzene rings is 1. The molecule has 0 aliphatic heterocycles. The fraction of sp³-hybridized carbons (Fsp3) is 0.500. The number of hydrogen-bond acceptors (Lipinski definition) is 1. The average molecular weight is 202 g/mol. The molecule has 0 spiro atoms. The number of carbonyl (C=O) groups is 1. The third kappa shape index (κ3) is 2.11. The minimum absolute atomic E-state index is 0.171. The van der Waals surface area contributed by atoms with Gasteiger partial charge in [-0.3, -0.25) is 4.79 Å². The van der Waals surface area contributed by atoms with Crippen molar-refractivity contribution < 1.29 is 4.79 Å². The van der Waals surface area contributed by atoms with Gasteiger partial charge in [0.25, 0.3) is 0 Å². The average Bonchev–Trinajstić information content (AvgIpc) is 2.29. The van der Waals surface area contributed by atoms with E-state index in [1.54, 1.807) is 0 Å². The second kappa shape index (κ2) is 4.61. The molecule has 0 heterocycles. The van der Waals surface area contributed by atoms with Crippen molar-refractivity contribution in [1.29, 1.82) is 0 Å². The van der Waals surface area contributed by atoms with Gasteiger partial charge < -0.3 is 0 Å². The molecule has 0 amide bonds. The van der Waals surface area contributed by atoms with Crippen LogP contribution in [0.2, 0.25) is 0 Å². The Morgan fingerprint density at radius 3 is 2.67 bits per heavy atom. The van der Waals surface area contributed by atoms with Gasteiger partial charge in [0, 0.05) is 12.3 Å². The molecular weight excluding hydrogens is 184 g/mol. The maximum atomic E-state index is 12.0. The van der Waals surface area contributed by atoms with Crippen LogP contribution in [0.15, 0.2) is 30.3 Å². The van der Waals surface area contributed by atoms with Gasteiger partial charge in [-0.05, 0) is 24.3 Å². The fourth-order valence-electron chi connectivity index (χ4n) is 2.68. The van der Waals surface area contributed by atoms with Crippen LogP contribution in [0.3, 0.4) is 0 Å². The zero-order valence-corrected chi connectivity index (χ0v) is 9.28. The van der Waals surface area contributed by atoms with E-state index >= 15 is 0 Å². The van der Waals surface area contributed by atoms with E-state index in [0.29, 0.717) is 11.7 Å². The summed E-state index contributed by atoms with van der Waals surface area (Å²) in [5.41, 5.74) is 1.22. The van der Waals surface area contributed by atoms with Crippen LogP contribution in [0, 0.1) is 5.92 Å². The maximum absolute atomic E-state index is 12.0. The Morgan fingerprint density at radius 1 is 1.27 bits per heavy atom. The normalized spacial score (nSPS) is 26.6. The van der Waals surface area contributed by atoms with Crippen LogP contribution in [0.1, 0.15) is 44.1 Å². The summed E-state index contributed by atoms with van der Waals surface area (Å²) < 4.78 is 0. The van der Waals surface area contributed by atoms with Crippen molar-refractivity contribution >= 4 is 5.78 Å². The zero-order chi connectivity index (χ0) is 10.7. The molecule has 0 radical (unpaired) electrons. The number of carbonyl (C=O) groups excluding carboxylic acids is 1. The van der Waals surface area contributed by atoms with Crippen LogP contribution < -0.4 is 0 Å². The van der Waals surface area contributed by atoms with Crippen molar-refractivity contribution in [2.45, 2.75) is 38.5 Å². The van der Waals surface area contributed by atoms with Crippen LogP contribution in [0.25, 0.3) is 0 Å². The smallest absolute Gasteiger partial charge is 0.140 e. The molecule has 0 aromatic heterocycles. The summed E-state index contributed by atoms with van der Waals surface area (Å²) in [5.74, 6) is 1.18. The van der Waals surface area contributed by atoms with E-state index in [1.165, 1.54) is 12.0 Å². The van der Waals surface area contributed by atoms with Gasteiger partial charge in [0.1, 0.15) is 5.78 Å². The predicted octanol–water partition coefficient (Wildman–Crippen LogP) is 3.55. The van der Waals surface area contributed by atoms with E-state index < -0.39 is 0 Å². The largest absolute Gasteiger partial charge is 0.299 e. The second-order valence-electron chi connectivity index (χ2n) is 4.42. The Hall–Kier alpha value is -1.11. The Morgan fingerprint density at radius 2 is 2.00 bits per heavy atom. The van der Waals surface area contributed by atoms with Crippen molar-refractivity contribution in [3.63, 3.8) is 0 Å². The highest BCUT2D eigenvalue weighted by molar-refractivity contribution is 5.86. The summed E-state index contributed by atoms with van der Waals surface area (Å²) in [6, 6.07) is 10.3. The summed E-state index contributed by atoms with van der Waals surface area (Å²) in [6.45, 7) is 2.19. The molecule has 1 heteroatoms. The van der Waals surface area contributed by atoms with E-state index in [1.807, 2.05) is 18.2 Å². The quantitative estimate of drug-likeness (QED) is 0.716. The summed E-state index contributed by atoms with van der Waals surface area (Å²) in [7, 11) is 0. The Balaban J connectivity index is 2.27. The minimum atomic E-state index is 0.171. The summed E-state index contributed by atoms with van der Waals surface area (Å²) in [6.07, 6.45) is 4.18. The first kappa shape index (κ1) is 10.4. The topological polar surface area (TPSA) is 17.1 Å². The Kier molecular flexibility index (Phi) is 3.20. The van der Waals surface area contributed by atoms with Crippen LogP contribution in [0.4, 0.5) is 0 Å². The monoisotopic (exact) mass is 202 g/mol. The fourth-order valence-corrected chi connectivity index (χ4v) is 2.68. The van der Waals surface area contributed by atoms with E-state index in [2.05, 4.69) is 19.1 Å². The molecule has 1 aliphatic rings. The van der Waals surface area contributed by atoms with E-state index in [4.69, 9.17) is 0 Å². The Bertz CT molecular complexity index is 328. The SMILES string of the molecule is CC[C@@H]1CCCC(=O)[C@H]1c1ccccc1. The zero-order valence-electron chi connectivity index (χ0n) is 9.28. The van der Waals surface area contributed by atoms with E-state index in [0.717, 1.165) is 19.3 Å². The molecule has 0 saturated heterocycles. The van der Waals surface area contributed by atoms with Gasteiger partial charge in [-0.2, -0.15) is 0 Å². The van der Waals surface area contributed by atoms with Crippen molar-refractivity contribution in [3.8, 4) is 0 Å². The molecule has 2 rings (SSSR count). The highest BCUT2D eigenvalue weighted by atomic mass is 16.1. The van der Waals surface area contributed by atoms with Crippen molar-refractivity contribution in [2.75, 3.05) is 0 Å². The van der Waals surface area contributed by atoms with Gasteiger partial charge in [-0.25, -0.2) is 0 Å². The van der Waals surface area contributed by atoms with Crippen LogP contribution >= 0.6 is 0 Å². The summed E-state index contributed by atoms with van der Waals surface area (Å²) in [5, 5.41) is 0. The molecule has 1 aliphatic carbocycles. The van der Waals surface area contributed by atoms with Gasteiger partial charge >= 0.3 is 0 Å². The number of hydrogen-bond donors (Lipinski definition) is 0. The molecule has 1 fully saturated rings. The van der Waals surface area contributed by atoms with E-state index in [-0.39, 0.29) is 5.92 Å². The molecule has 2 atom stereocenters. The minimum Gasteiger partial charge on any atom is -0.299 e. The molecule has 0 bridgehead atoms. The molecule has 1 aromatic carbocycles. The Labute approximate surface area is 91.5 Å². The molecule has 0 N–H and O–H groups in total. The standard InChI is InChI=1S/C14H18O/c1-2-11-9-6-10-13(15)14(11)12-7-4-3-5-8-12/h3-5,7-8,11,14H,2,6,9-10H2,1H3/t11-,14-/m1/s1. The number of ketones is 1. The lowest BCUT2D eigenvalue weighted by molar-refractivity contribution is -0.123. The lowest BCUT2D eigenvalue weighted by atomic mass is 9.73. The van der Waals surface area contributed by atoms with Crippen LogP contribution in [-0.4, -0.2) is 5.78 Å². The lowest BCUT2D eigenvalue weighted by Gasteiger charge is -2.29. The molecule has 1 aromatic rings. The molecule has 1 nitrogen and oxygen atoms in total. The third-order valence-corrected chi connectivity index (χ3v) is 3.50. The number of Topliss-reactive ketones (excluding diaryl/α,β-unsaturated/α-hetero) is 1. The third-order valence-electron chi connectivity index (χ3n) is 3.50. The van der Waals surface area contributed by atoms with Gasteiger partial charge in [-0.1, -0.05) is 43.7 Å². The molecule has 1 saturated carbocycles. The van der Waals surface area contributed by atoms with Crippen LogP contribution in [-0.2, 0) is 4.79 Å². The van der Waals surface area contributed by atoms with Gasteiger partial charge in [0.2, 0.25) is 0 Å². The lowest BCUT2D eigenvalue weighted by Crippen LogP contribution is -2.26. The van der Waals surface area contributed by atoms with Gasteiger partial charge in [-0.15, -0.1) is 0 Å². The first-order valence-corrected chi connectivity index (χ1v) is 5.90. The van der Waals surface area contributed by atoms with Crippen molar-refractivity contribution in [3.05, 3.63) is 35.9 Å². The molecule has 15 heavy (non-hydrogen) atoms. The molecule has 0 unspecified atom stereocenters. The summed E-state index contributed by atoms with van der Waals surface area (Å²) in [4.78, 5) is 12.0. The highest BCUT2D eigenvalue weighted by Gasteiger charge is 2.31. The summed E-state index contributed by atoms with van der Waals surface area (Å²) >= 11 is 0. The van der Waals surface area contributed by atoms with Crippen molar-refractivity contribution in [2.24, 2.45) is 5.92 Å². The van der Waals surface area contributed by atoms with Crippen LogP contribution in [0.5, 0.6) is 0 Å². The second-order valence-corrected chi connectivity index (χ2v) is 4.42. The van der Waals surface area contributed by atoms with E-state index in [9.17, 15) is 4.79 Å². The molecular formula is C14H18O. The first-order chi connectivity index (χ1) is 7.33. The number of rotatable bonds is 2. The first-order valence-electron chi connectivity index (χ1n) is 5.90. The van der Waals surface area contributed by atoms with Gasteiger partial charge in [0.05, 0.1) is 0 Å².